The van der Waals surface area contributed by atoms with E-state index in [4.69, 9.17) is 10.5 Å². The van der Waals surface area contributed by atoms with Crippen LogP contribution in [0.4, 0.5) is 0 Å². The summed E-state index contributed by atoms with van der Waals surface area (Å²) in [5.41, 5.74) is 6.88. The lowest BCUT2D eigenvalue weighted by atomic mass is 10.2. The summed E-state index contributed by atoms with van der Waals surface area (Å²) in [6.45, 7) is 3.17. The number of nitrogens with one attached hydrogen (secondary N) is 1. The summed E-state index contributed by atoms with van der Waals surface area (Å²) >= 11 is 3.39. The highest BCUT2D eigenvalue weighted by Crippen LogP contribution is 2.10. The molecule has 1 rings (SSSR count). The molecule has 1 atom stereocenters. The van der Waals surface area contributed by atoms with Gasteiger partial charge in [-0.1, -0.05) is 28.1 Å². The minimum Gasteiger partial charge on any atom is -0.383 e. The number of ether oxygens (including phenoxy) is 1. The van der Waals surface area contributed by atoms with Crippen molar-refractivity contribution in [2.75, 3.05) is 13.7 Å². The lowest BCUT2D eigenvalue weighted by Gasteiger charge is -2.12. The van der Waals surface area contributed by atoms with E-state index >= 15 is 0 Å². The number of nitrogens with zero attached hydrogens (tertiary/aromatic N) is 1. The molecule has 1 aromatic rings. The quantitative estimate of drug-likeness (QED) is 0.645. The van der Waals surface area contributed by atoms with Crippen LogP contribution in [0.2, 0.25) is 0 Å². The van der Waals surface area contributed by atoms with Crippen LogP contribution in [0, 0.1) is 0 Å². The summed E-state index contributed by atoms with van der Waals surface area (Å²) in [6.07, 6.45) is 0. The molecule has 0 saturated heterocycles. The van der Waals surface area contributed by atoms with Gasteiger partial charge in [-0.15, -0.1) is 0 Å². The van der Waals surface area contributed by atoms with Gasteiger partial charge >= 0.3 is 0 Å². The van der Waals surface area contributed by atoms with E-state index in [-0.39, 0.29) is 6.04 Å². The van der Waals surface area contributed by atoms with Crippen LogP contribution in [-0.2, 0) is 11.3 Å². The van der Waals surface area contributed by atoms with Crippen LogP contribution >= 0.6 is 15.9 Å². The fraction of sp³-hybridized carbons (Fsp3) is 0.417. The van der Waals surface area contributed by atoms with Crippen molar-refractivity contribution in [2.45, 2.75) is 19.5 Å². The Morgan fingerprint density at radius 1 is 1.47 bits per heavy atom. The minimum atomic E-state index is 0.161. The number of rotatable bonds is 5. The number of halogens is 1. The fourth-order valence-electron chi connectivity index (χ4n) is 1.36. The van der Waals surface area contributed by atoms with Crippen molar-refractivity contribution in [3.05, 3.63) is 34.3 Å². The number of benzene rings is 1. The molecule has 0 heterocycles. The molecule has 0 aliphatic heterocycles. The summed E-state index contributed by atoms with van der Waals surface area (Å²) in [5.74, 6) is 0.442. The lowest BCUT2D eigenvalue weighted by Crippen LogP contribution is -2.40. The Morgan fingerprint density at radius 2 is 2.12 bits per heavy atom. The molecule has 94 valence electrons. The van der Waals surface area contributed by atoms with Crippen LogP contribution in [0.5, 0.6) is 0 Å². The third-order valence-electron chi connectivity index (χ3n) is 2.16. The molecule has 0 saturated carbocycles. The van der Waals surface area contributed by atoms with Crippen LogP contribution in [-0.4, -0.2) is 25.7 Å². The second kappa shape index (κ2) is 7.29. The van der Waals surface area contributed by atoms with Gasteiger partial charge in [0.05, 0.1) is 13.2 Å². The Bertz CT molecular complexity index is 365. The summed E-state index contributed by atoms with van der Waals surface area (Å²) in [7, 11) is 1.66. The molecule has 0 amide bonds. The molecule has 0 aliphatic carbocycles. The van der Waals surface area contributed by atoms with Gasteiger partial charge < -0.3 is 15.8 Å². The summed E-state index contributed by atoms with van der Waals surface area (Å²) in [5, 5.41) is 3.06. The van der Waals surface area contributed by atoms with Gasteiger partial charge in [-0.2, -0.15) is 0 Å². The maximum absolute atomic E-state index is 5.76. The number of hydrogen-bond acceptors (Lipinski definition) is 2. The molecule has 0 fully saturated rings. The fourth-order valence-corrected chi connectivity index (χ4v) is 1.62. The zero-order valence-corrected chi connectivity index (χ0v) is 11.7. The lowest BCUT2D eigenvalue weighted by molar-refractivity contribution is 0.179. The highest BCUT2D eigenvalue weighted by molar-refractivity contribution is 9.10. The van der Waals surface area contributed by atoms with Gasteiger partial charge in [0.15, 0.2) is 5.96 Å². The first-order valence-corrected chi connectivity index (χ1v) is 6.21. The predicted octanol–water partition coefficient (Wildman–Crippen LogP) is 1.89. The van der Waals surface area contributed by atoms with Gasteiger partial charge in [-0.05, 0) is 24.6 Å². The second-order valence-corrected chi connectivity index (χ2v) is 4.74. The van der Waals surface area contributed by atoms with Gasteiger partial charge in [0.2, 0.25) is 0 Å². The smallest absolute Gasteiger partial charge is 0.189 e. The third kappa shape index (κ3) is 5.70. The molecule has 4 nitrogen and oxygen atoms in total. The monoisotopic (exact) mass is 299 g/mol. The van der Waals surface area contributed by atoms with Crippen molar-refractivity contribution in [3.63, 3.8) is 0 Å². The molecule has 0 radical (unpaired) electrons. The topological polar surface area (TPSA) is 59.6 Å². The van der Waals surface area contributed by atoms with Gasteiger partial charge in [-0.3, -0.25) is 0 Å². The largest absolute Gasteiger partial charge is 0.383 e. The van der Waals surface area contributed by atoms with Crippen LogP contribution in [0.25, 0.3) is 0 Å². The van der Waals surface area contributed by atoms with Gasteiger partial charge in [0, 0.05) is 17.6 Å². The predicted molar refractivity (Wildman–Crippen MR) is 73.9 cm³/mol. The zero-order valence-electron chi connectivity index (χ0n) is 10.1. The molecule has 0 aromatic heterocycles. The molecule has 1 aromatic carbocycles. The Labute approximate surface area is 110 Å². The van der Waals surface area contributed by atoms with Crippen molar-refractivity contribution >= 4 is 21.9 Å². The maximum Gasteiger partial charge on any atom is 0.189 e. The Kier molecular flexibility index (Phi) is 6.00. The molecule has 0 bridgehead atoms. The molecule has 3 N–H and O–H groups in total. The van der Waals surface area contributed by atoms with E-state index in [1.165, 1.54) is 0 Å². The van der Waals surface area contributed by atoms with Crippen molar-refractivity contribution in [1.29, 1.82) is 0 Å². The van der Waals surface area contributed by atoms with E-state index in [2.05, 4.69) is 26.2 Å². The molecule has 17 heavy (non-hydrogen) atoms. The number of guanidine groups is 1. The molecule has 5 heteroatoms. The van der Waals surface area contributed by atoms with Gasteiger partial charge in [-0.25, -0.2) is 4.99 Å². The van der Waals surface area contributed by atoms with E-state index < -0.39 is 0 Å². The van der Waals surface area contributed by atoms with Crippen LogP contribution in [0.3, 0.4) is 0 Å². The van der Waals surface area contributed by atoms with E-state index in [1.807, 2.05) is 31.2 Å². The van der Waals surface area contributed by atoms with Crippen LogP contribution in [0.15, 0.2) is 33.7 Å². The molecular weight excluding hydrogens is 282 g/mol. The zero-order chi connectivity index (χ0) is 12.7. The first-order chi connectivity index (χ1) is 8.11. The minimum absolute atomic E-state index is 0.161. The Balaban J connectivity index is 2.44. The highest BCUT2D eigenvalue weighted by Gasteiger charge is 2.01. The average Bonchev–Trinajstić information content (AvgIpc) is 2.28. The van der Waals surface area contributed by atoms with Gasteiger partial charge in [0.25, 0.3) is 0 Å². The van der Waals surface area contributed by atoms with Crippen molar-refractivity contribution in [3.8, 4) is 0 Å². The van der Waals surface area contributed by atoms with Crippen molar-refractivity contribution in [2.24, 2.45) is 10.7 Å². The molecular formula is C12H18BrN3O. The number of aliphatic imine (C=N–C) groups is 1. The normalized spacial score (nSPS) is 13.5. The van der Waals surface area contributed by atoms with Crippen molar-refractivity contribution in [1.82, 2.24) is 5.32 Å². The highest BCUT2D eigenvalue weighted by atomic mass is 79.9. The number of nitrogens with two attached hydrogens (primary N) is 1. The van der Waals surface area contributed by atoms with E-state index in [9.17, 15) is 0 Å². The summed E-state index contributed by atoms with van der Waals surface area (Å²) in [6, 6.07) is 8.16. The Hall–Kier alpha value is -1.07. The summed E-state index contributed by atoms with van der Waals surface area (Å²) < 4.78 is 6.06. The maximum atomic E-state index is 5.76. The van der Waals surface area contributed by atoms with E-state index in [0.29, 0.717) is 19.1 Å². The first-order valence-electron chi connectivity index (χ1n) is 5.41. The second-order valence-electron chi connectivity index (χ2n) is 3.83. The van der Waals surface area contributed by atoms with Crippen molar-refractivity contribution < 1.29 is 4.74 Å². The SMILES string of the molecule is COCC(C)NC(N)=NCc1ccc(Br)cc1. The van der Waals surface area contributed by atoms with E-state index in [0.717, 1.165) is 10.0 Å². The van der Waals surface area contributed by atoms with E-state index in [1.54, 1.807) is 7.11 Å². The summed E-state index contributed by atoms with van der Waals surface area (Å²) in [4.78, 5) is 4.26. The first kappa shape index (κ1) is 14.0. The van der Waals surface area contributed by atoms with Crippen LogP contribution < -0.4 is 11.1 Å². The Morgan fingerprint density at radius 3 is 2.71 bits per heavy atom. The number of hydrogen-bond donors (Lipinski definition) is 2. The molecule has 1 unspecified atom stereocenters. The number of methoxy groups -OCH3 is 1. The van der Waals surface area contributed by atoms with Gasteiger partial charge in [0.1, 0.15) is 0 Å². The third-order valence-corrected chi connectivity index (χ3v) is 2.68. The van der Waals surface area contributed by atoms with Crippen LogP contribution in [0.1, 0.15) is 12.5 Å². The molecule has 0 spiro atoms. The molecule has 0 aliphatic rings. The average molecular weight is 300 g/mol. The standard InChI is InChI=1S/C12H18BrN3O/c1-9(8-17-2)16-12(14)15-7-10-3-5-11(13)6-4-10/h3-6,9H,7-8H2,1-2H3,(H3,14,15,16).